The van der Waals surface area contributed by atoms with Crippen LogP contribution in [0.3, 0.4) is 0 Å². The zero-order chi connectivity index (χ0) is 22.1. The molecule has 6 nitrogen and oxygen atoms in total. The molecule has 7 heteroatoms. The average molecular weight is 432 g/mol. The first-order valence-electron chi connectivity index (χ1n) is 10.6. The number of rotatable bonds is 11. The number of hydrogen-bond donors (Lipinski definition) is 1. The molecule has 3 rings (SSSR count). The molecule has 1 saturated heterocycles. The number of carbonyl (C=O) groups excluding carboxylic acids is 1. The lowest BCUT2D eigenvalue weighted by Crippen LogP contribution is -2.43. The Labute approximate surface area is 182 Å². The van der Waals surface area contributed by atoms with Crippen molar-refractivity contribution in [1.29, 1.82) is 0 Å². The quantitative estimate of drug-likeness (QED) is 0.552. The van der Waals surface area contributed by atoms with Crippen LogP contribution in [0, 0.1) is 11.7 Å². The summed E-state index contributed by atoms with van der Waals surface area (Å²) >= 11 is 0. The van der Waals surface area contributed by atoms with Crippen molar-refractivity contribution in [3.63, 3.8) is 0 Å². The van der Waals surface area contributed by atoms with E-state index < -0.39 is 6.10 Å². The van der Waals surface area contributed by atoms with E-state index in [1.165, 1.54) is 12.1 Å². The number of aliphatic hydroxyl groups excluding tert-OH is 1. The first kappa shape index (κ1) is 23.0. The fourth-order valence-corrected chi connectivity index (χ4v) is 3.89. The molecule has 1 N–H and O–H groups in total. The molecule has 2 aromatic carbocycles. The van der Waals surface area contributed by atoms with Crippen LogP contribution in [0.2, 0.25) is 0 Å². The Morgan fingerprint density at radius 3 is 2.71 bits per heavy atom. The van der Waals surface area contributed by atoms with Crippen LogP contribution in [0.1, 0.15) is 18.4 Å². The minimum absolute atomic E-state index is 0.131. The molecular formula is C24H30FNO5. The van der Waals surface area contributed by atoms with Gasteiger partial charge in [0.25, 0.3) is 0 Å². The predicted molar refractivity (Wildman–Crippen MR) is 115 cm³/mol. The van der Waals surface area contributed by atoms with Crippen molar-refractivity contribution in [3.8, 4) is 17.2 Å². The largest absolute Gasteiger partial charge is 0.496 e. The molecule has 0 aliphatic carbocycles. The molecule has 0 spiro atoms. The summed E-state index contributed by atoms with van der Waals surface area (Å²) in [5.74, 6) is 1.88. The van der Waals surface area contributed by atoms with E-state index in [9.17, 15) is 14.3 Å². The van der Waals surface area contributed by atoms with E-state index in [0.29, 0.717) is 41.9 Å². The fourth-order valence-electron chi connectivity index (χ4n) is 3.89. The van der Waals surface area contributed by atoms with Crippen LogP contribution in [0.4, 0.5) is 4.39 Å². The third kappa shape index (κ3) is 6.94. The van der Waals surface area contributed by atoms with Crippen molar-refractivity contribution in [2.24, 2.45) is 5.92 Å². The third-order valence-corrected chi connectivity index (χ3v) is 5.40. The van der Waals surface area contributed by atoms with Crippen molar-refractivity contribution >= 4 is 6.29 Å². The van der Waals surface area contributed by atoms with Gasteiger partial charge in [0.15, 0.2) is 0 Å². The SMILES string of the molecule is COc1cccc(OCC(O)CN2CCCC(COc3ccc(F)cc3)C2)c1CC=O. The van der Waals surface area contributed by atoms with Crippen molar-refractivity contribution in [2.45, 2.75) is 25.4 Å². The van der Waals surface area contributed by atoms with Gasteiger partial charge in [-0.05, 0) is 55.8 Å². The molecule has 1 heterocycles. The zero-order valence-corrected chi connectivity index (χ0v) is 17.8. The molecule has 1 aliphatic rings. The van der Waals surface area contributed by atoms with Gasteiger partial charge in [0.05, 0.1) is 13.7 Å². The molecule has 0 amide bonds. The highest BCUT2D eigenvalue weighted by atomic mass is 19.1. The summed E-state index contributed by atoms with van der Waals surface area (Å²) in [4.78, 5) is 13.2. The van der Waals surface area contributed by atoms with Gasteiger partial charge in [-0.25, -0.2) is 4.39 Å². The Morgan fingerprint density at radius 1 is 1.19 bits per heavy atom. The molecule has 1 aliphatic heterocycles. The Morgan fingerprint density at radius 2 is 1.97 bits per heavy atom. The van der Waals surface area contributed by atoms with Gasteiger partial charge in [0.1, 0.15) is 42.1 Å². The number of aliphatic hydroxyl groups is 1. The summed E-state index contributed by atoms with van der Waals surface area (Å²) in [6, 6.07) is 11.4. The number of nitrogens with zero attached hydrogens (tertiary/aromatic N) is 1. The topological polar surface area (TPSA) is 68.2 Å². The molecule has 0 aromatic heterocycles. The van der Waals surface area contributed by atoms with Gasteiger partial charge in [-0.3, -0.25) is 0 Å². The third-order valence-electron chi connectivity index (χ3n) is 5.40. The maximum Gasteiger partial charge on any atom is 0.126 e. The number of benzene rings is 2. The monoisotopic (exact) mass is 431 g/mol. The standard InChI is InChI=1S/C24H30FNO5/c1-29-23-5-2-6-24(22(23)11-13-27)31-17-20(28)15-26-12-3-4-18(14-26)16-30-21-9-7-19(25)8-10-21/h2,5-10,13,18,20,28H,3-4,11-12,14-17H2,1H3. The summed E-state index contributed by atoms with van der Waals surface area (Å²) < 4.78 is 29.9. The Balaban J connectivity index is 1.46. The molecule has 2 aromatic rings. The van der Waals surface area contributed by atoms with Gasteiger partial charge in [0, 0.05) is 31.0 Å². The second kappa shape index (κ2) is 11.7. The summed E-state index contributed by atoms with van der Waals surface area (Å²) in [6.07, 6.45) is 2.43. The van der Waals surface area contributed by atoms with E-state index in [1.54, 1.807) is 37.4 Å². The lowest BCUT2D eigenvalue weighted by molar-refractivity contribution is -0.107. The van der Waals surface area contributed by atoms with Crippen LogP contribution in [0.15, 0.2) is 42.5 Å². The number of aldehydes is 1. The minimum atomic E-state index is -0.660. The zero-order valence-electron chi connectivity index (χ0n) is 17.8. The smallest absolute Gasteiger partial charge is 0.126 e. The van der Waals surface area contributed by atoms with Gasteiger partial charge < -0.3 is 29.0 Å². The van der Waals surface area contributed by atoms with Gasteiger partial charge in [-0.15, -0.1) is 0 Å². The van der Waals surface area contributed by atoms with Crippen LogP contribution in [0.25, 0.3) is 0 Å². The number of piperidine rings is 1. The Bertz CT molecular complexity index is 829. The normalized spacial score (nSPS) is 17.7. The van der Waals surface area contributed by atoms with Crippen LogP contribution >= 0.6 is 0 Å². The highest BCUT2D eigenvalue weighted by molar-refractivity contribution is 5.61. The van der Waals surface area contributed by atoms with Crippen molar-refractivity contribution < 1.29 is 28.5 Å². The van der Waals surface area contributed by atoms with Crippen molar-refractivity contribution in [2.75, 3.05) is 40.0 Å². The lowest BCUT2D eigenvalue weighted by Gasteiger charge is -2.33. The number of halogens is 1. The number of carbonyl (C=O) groups is 1. The predicted octanol–water partition coefficient (Wildman–Crippen LogP) is 3.11. The van der Waals surface area contributed by atoms with Gasteiger partial charge in [-0.1, -0.05) is 6.07 Å². The number of β-amino-alcohol motifs (C(OH)–C–C–N with tert-alkyl or cyclic N) is 1. The first-order chi connectivity index (χ1) is 15.1. The molecular weight excluding hydrogens is 401 g/mol. The Hall–Kier alpha value is -2.64. The van der Waals surface area contributed by atoms with E-state index in [4.69, 9.17) is 14.2 Å². The number of ether oxygens (including phenoxy) is 3. The summed E-state index contributed by atoms with van der Waals surface area (Å²) in [7, 11) is 1.55. The van der Waals surface area contributed by atoms with E-state index in [0.717, 1.165) is 32.2 Å². The second-order valence-corrected chi connectivity index (χ2v) is 7.81. The van der Waals surface area contributed by atoms with Crippen LogP contribution in [0.5, 0.6) is 17.2 Å². The highest BCUT2D eigenvalue weighted by Gasteiger charge is 2.23. The highest BCUT2D eigenvalue weighted by Crippen LogP contribution is 2.28. The summed E-state index contributed by atoms with van der Waals surface area (Å²) in [5, 5.41) is 10.5. The Kier molecular flexibility index (Phi) is 8.67. The van der Waals surface area contributed by atoms with E-state index >= 15 is 0 Å². The minimum Gasteiger partial charge on any atom is -0.496 e. The first-order valence-corrected chi connectivity index (χ1v) is 10.6. The van der Waals surface area contributed by atoms with Crippen molar-refractivity contribution in [1.82, 2.24) is 4.90 Å². The van der Waals surface area contributed by atoms with Gasteiger partial charge >= 0.3 is 0 Å². The molecule has 168 valence electrons. The molecule has 0 bridgehead atoms. The van der Waals surface area contributed by atoms with Gasteiger partial charge in [0.2, 0.25) is 0 Å². The fraction of sp³-hybridized carbons (Fsp3) is 0.458. The molecule has 0 saturated carbocycles. The van der Waals surface area contributed by atoms with Crippen LogP contribution in [-0.2, 0) is 11.2 Å². The van der Waals surface area contributed by atoms with E-state index in [-0.39, 0.29) is 18.8 Å². The lowest BCUT2D eigenvalue weighted by atomic mass is 9.98. The molecule has 31 heavy (non-hydrogen) atoms. The maximum atomic E-state index is 13.0. The average Bonchev–Trinajstić information content (AvgIpc) is 2.78. The molecule has 1 fully saturated rings. The number of likely N-dealkylation sites (tertiary alicyclic amines) is 1. The molecule has 2 unspecified atom stereocenters. The second-order valence-electron chi connectivity index (χ2n) is 7.81. The van der Waals surface area contributed by atoms with E-state index in [2.05, 4.69) is 4.90 Å². The number of methoxy groups -OCH3 is 1. The van der Waals surface area contributed by atoms with Crippen LogP contribution in [-0.4, -0.2) is 62.4 Å². The summed E-state index contributed by atoms with van der Waals surface area (Å²) in [6.45, 7) is 2.94. The van der Waals surface area contributed by atoms with Crippen molar-refractivity contribution in [3.05, 3.63) is 53.8 Å². The van der Waals surface area contributed by atoms with Gasteiger partial charge in [-0.2, -0.15) is 0 Å². The maximum absolute atomic E-state index is 13.0. The molecule has 0 radical (unpaired) electrons. The van der Waals surface area contributed by atoms with Crippen LogP contribution < -0.4 is 14.2 Å². The van der Waals surface area contributed by atoms with E-state index in [1.807, 2.05) is 0 Å². The summed E-state index contributed by atoms with van der Waals surface area (Å²) in [5.41, 5.74) is 0.683. The number of hydrogen-bond acceptors (Lipinski definition) is 6. The molecule has 2 atom stereocenters.